The van der Waals surface area contributed by atoms with Gasteiger partial charge in [-0.15, -0.1) is 10.2 Å². The topological polar surface area (TPSA) is 97.0 Å². The number of fused-ring (bicyclic) bond motifs is 1. The van der Waals surface area contributed by atoms with E-state index in [-0.39, 0.29) is 18.1 Å². The summed E-state index contributed by atoms with van der Waals surface area (Å²) in [6.07, 6.45) is 5.48. The summed E-state index contributed by atoms with van der Waals surface area (Å²) in [5.74, 6) is 0.554. The van der Waals surface area contributed by atoms with Crippen LogP contribution in [0.1, 0.15) is 37.6 Å². The maximum Gasteiger partial charge on any atom is 0.323 e. The monoisotopic (exact) mass is 410 g/mol. The van der Waals surface area contributed by atoms with Gasteiger partial charge in [0.2, 0.25) is 0 Å². The molecule has 8 heteroatoms. The van der Waals surface area contributed by atoms with Crippen LogP contribution in [0.2, 0.25) is 0 Å². The smallest absolute Gasteiger partial charge is 0.323 e. The molecular weight excluding hydrogens is 384 g/mol. The number of aromatic nitrogens is 3. The van der Waals surface area contributed by atoms with Crippen LogP contribution in [0.5, 0.6) is 0 Å². The van der Waals surface area contributed by atoms with E-state index >= 15 is 0 Å². The minimum Gasteiger partial charge on any atom is -0.328 e. The van der Waals surface area contributed by atoms with Crippen molar-refractivity contribution in [2.75, 3.05) is 11.9 Å². The number of amides is 2. The molecule has 0 bridgehead atoms. The second-order valence-electron chi connectivity index (χ2n) is 7.61. The number of carbonyl (C=O) groups excluding carboxylic acids is 1. The van der Waals surface area contributed by atoms with Crippen molar-refractivity contribution in [3.05, 3.63) is 35.5 Å². The maximum absolute atomic E-state index is 12.9. The average Bonchev–Trinajstić information content (AvgIpc) is 3.14. The third-order valence-corrected chi connectivity index (χ3v) is 6.26. The fourth-order valence-electron chi connectivity index (χ4n) is 3.89. The molecule has 0 aliphatic carbocycles. The first kappa shape index (κ1) is 19.7. The Morgan fingerprint density at radius 3 is 2.93 bits per heavy atom. The Kier molecular flexibility index (Phi) is 5.73. The number of nitrogens with zero attached hydrogens (tertiary/aromatic N) is 4. The van der Waals surface area contributed by atoms with Crippen LogP contribution in [-0.2, 0) is 0 Å². The van der Waals surface area contributed by atoms with Crippen molar-refractivity contribution < 1.29 is 4.79 Å². The van der Waals surface area contributed by atoms with E-state index in [9.17, 15) is 4.79 Å². The van der Waals surface area contributed by atoms with E-state index in [4.69, 9.17) is 5.73 Å². The number of pyridine rings is 1. The number of urea groups is 1. The van der Waals surface area contributed by atoms with Gasteiger partial charge < -0.3 is 10.6 Å². The molecule has 3 N–H and O–H groups in total. The molecule has 1 saturated heterocycles. The highest BCUT2D eigenvalue weighted by molar-refractivity contribution is 7.14. The molecule has 0 unspecified atom stereocenters. The van der Waals surface area contributed by atoms with E-state index in [0.717, 1.165) is 52.0 Å². The molecule has 2 aromatic heterocycles. The molecule has 2 amide bonds. The number of aryl methyl sites for hydroxylation is 1. The van der Waals surface area contributed by atoms with Crippen LogP contribution in [0.3, 0.4) is 0 Å². The molecule has 29 heavy (non-hydrogen) atoms. The number of carbonyl (C=O) groups is 1. The number of hydrogen-bond donors (Lipinski definition) is 2. The van der Waals surface area contributed by atoms with Crippen LogP contribution in [0.25, 0.3) is 21.3 Å². The SMILES string of the molecule is CCC[C@@H]1C[C@@H](N)CCN1C(=O)Nc1cc2cc(-c3nnc(C)s3)ccc2cn1. The van der Waals surface area contributed by atoms with Crippen LogP contribution >= 0.6 is 11.3 Å². The molecule has 1 aliphatic heterocycles. The lowest BCUT2D eigenvalue weighted by molar-refractivity contribution is 0.149. The normalized spacial score (nSPS) is 19.5. The maximum atomic E-state index is 12.9. The van der Waals surface area contributed by atoms with Crippen molar-refractivity contribution in [2.24, 2.45) is 5.73 Å². The zero-order valence-corrected chi connectivity index (χ0v) is 17.6. The summed E-state index contributed by atoms with van der Waals surface area (Å²) in [5, 5.41) is 15.1. The summed E-state index contributed by atoms with van der Waals surface area (Å²) < 4.78 is 0. The van der Waals surface area contributed by atoms with Crippen LogP contribution < -0.4 is 11.1 Å². The molecule has 4 rings (SSSR count). The molecule has 0 spiro atoms. The summed E-state index contributed by atoms with van der Waals surface area (Å²) in [7, 11) is 0. The largest absolute Gasteiger partial charge is 0.328 e. The molecule has 152 valence electrons. The minimum atomic E-state index is -0.0990. The minimum absolute atomic E-state index is 0.0990. The molecular formula is C21H26N6OS. The predicted molar refractivity (Wildman–Crippen MR) is 117 cm³/mol. The van der Waals surface area contributed by atoms with Crippen molar-refractivity contribution in [1.82, 2.24) is 20.1 Å². The zero-order chi connectivity index (χ0) is 20.4. The number of rotatable bonds is 4. The molecule has 2 atom stereocenters. The molecule has 1 aliphatic rings. The highest BCUT2D eigenvalue weighted by Crippen LogP contribution is 2.28. The fraction of sp³-hybridized carbons (Fsp3) is 0.429. The Hall–Kier alpha value is -2.58. The second-order valence-corrected chi connectivity index (χ2v) is 8.79. The van der Waals surface area contributed by atoms with Gasteiger partial charge in [0, 0.05) is 35.8 Å². The van der Waals surface area contributed by atoms with Crippen LogP contribution in [0.4, 0.5) is 10.6 Å². The first-order chi connectivity index (χ1) is 14.0. The number of piperidine rings is 1. The summed E-state index contributed by atoms with van der Waals surface area (Å²) in [5.41, 5.74) is 7.13. The third-order valence-electron chi connectivity index (χ3n) is 5.37. The van der Waals surface area contributed by atoms with Crippen molar-refractivity contribution in [1.29, 1.82) is 0 Å². The predicted octanol–water partition coefficient (Wildman–Crippen LogP) is 4.19. The van der Waals surface area contributed by atoms with Crippen LogP contribution in [0.15, 0.2) is 30.5 Å². The van der Waals surface area contributed by atoms with E-state index in [1.165, 1.54) is 0 Å². The lowest BCUT2D eigenvalue weighted by Gasteiger charge is -2.38. The fourth-order valence-corrected chi connectivity index (χ4v) is 4.58. The summed E-state index contributed by atoms with van der Waals surface area (Å²) in [4.78, 5) is 19.2. The Labute approximate surface area is 174 Å². The Morgan fingerprint density at radius 2 is 2.17 bits per heavy atom. The molecule has 0 radical (unpaired) electrons. The molecule has 3 heterocycles. The van der Waals surface area contributed by atoms with Gasteiger partial charge in [0.25, 0.3) is 0 Å². The highest BCUT2D eigenvalue weighted by Gasteiger charge is 2.29. The van der Waals surface area contributed by atoms with Gasteiger partial charge in [-0.25, -0.2) is 9.78 Å². The number of anilines is 1. The Balaban J connectivity index is 1.55. The van der Waals surface area contributed by atoms with Gasteiger partial charge in [-0.05, 0) is 43.7 Å². The lowest BCUT2D eigenvalue weighted by atomic mass is 9.95. The van der Waals surface area contributed by atoms with E-state index in [1.54, 1.807) is 17.5 Å². The summed E-state index contributed by atoms with van der Waals surface area (Å²) >= 11 is 1.56. The zero-order valence-electron chi connectivity index (χ0n) is 16.8. The lowest BCUT2D eigenvalue weighted by Crippen LogP contribution is -2.51. The van der Waals surface area contributed by atoms with Gasteiger partial charge in [-0.3, -0.25) is 5.32 Å². The van der Waals surface area contributed by atoms with Gasteiger partial charge in [0.05, 0.1) is 0 Å². The van der Waals surface area contributed by atoms with E-state index < -0.39 is 0 Å². The van der Waals surface area contributed by atoms with E-state index in [2.05, 4.69) is 33.5 Å². The first-order valence-electron chi connectivity index (χ1n) is 10.1. The van der Waals surface area contributed by atoms with Crippen molar-refractivity contribution >= 4 is 34.0 Å². The van der Waals surface area contributed by atoms with Crippen molar-refractivity contribution in [3.8, 4) is 10.6 Å². The van der Waals surface area contributed by atoms with E-state index in [1.807, 2.05) is 30.0 Å². The number of benzene rings is 1. The second kappa shape index (κ2) is 8.42. The average molecular weight is 411 g/mol. The number of nitrogens with two attached hydrogens (primary N) is 1. The molecule has 7 nitrogen and oxygen atoms in total. The molecule has 0 saturated carbocycles. The number of nitrogens with one attached hydrogen (secondary N) is 1. The first-order valence-corrected chi connectivity index (χ1v) is 10.9. The van der Waals surface area contributed by atoms with Gasteiger partial charge >= 0.3 is 6.03 Å². The summed E-state index contributed by atoms with van der Waals surface area (Å²) in [6.45, 7) is 4.77. The van der Waals surface area contributed by atoms with Gasteiger partial charge in [-0.1, -0.05) is 36.8 Å². The quantitative estimate of drug-likeness (QED) is 0.672. The van der Waals surface area contributed by atoms with Gasteiger partial charge in [-0.2, -0.15) is 0 Å². The summed E-state index contributed by atoms with van der Waals surface area (Å²) in [6, 6.07) is 8.28. The van der Waals surface area contributed by atoms with Crippen molar-refractivity contribution in [2.45, 2.75) is 51.6 Å². The molecule has 3 aromatic rings. The van der Waals surface area contributed by atoms with Gasteiger partial charge in [0.1, 0.15) is 15.8 Å². The molecule has 1 fully saturated rings. The van der Waals surface area contributed by atoms with E-state index in [0.29, 0.717) is 12.4 Å². The van der Waals surface area contributed by atoms with Gasteiger partial charge in [0.15, 0.2) is 0 Å². The standard InChI is InChI=1S/C21H26N6OS/c1-3-4-18-11-17(22)7-8-27(18)21(28)24-19-10-16-9-14(5-6-15(16)12-23-19)20-26-25-13(2)29-20/h5-6,9-10,12,17-18H,3-4,7-8,11,22H2,1-2H3,(H,23,24,28)/t17-,18+/m0/s1. The highest BCUT2D eigenvalue weighted by atomic mass is 32.1. The van der Waals surface area contributed by atoms with Crippen LogP contribution in [-0.4, -0.2) is 44.7 Å². The Bertz CT molecular complexity index is 1020. The third kappa shape index (κ3) is 4.38. The molecule has 1 aromatic carbocycles. The Morgan fingerprint density at radius 1 is 1.31 bits per heavy atom. The van der Waals surface area contributed by atoms with Crippen LogP contribution in [0, 0.1) is 6.92 Å². The number of hydrogen-bond acceptors (Lipinski definition) is 6. The van der Waals surface area contributed by atoms with Crippen molar-refractivity contribution in [3.63, 3.8) is 0 Å². The number of likely N-dealkylation sites (tertiary alicyclic amines) is 1.